The molecule has 26 heavy (non-hydrogen) atoms. The minimum absolute atomic E-state index is 0.0396. The summed E-state index contributed by atoms with van der Waals surface area (Å²) in [5.41, 5.74) is 1.94. The van der Waals surface area contributed by atoms with E-state index >= 15 is 0 Å². The van der Waals surface area contributed by atoms with Crippen molar-refractivity contribution in [2.45, 2.75) is 6.92 Å². The lowest BCUT2D eigenvalue weighted by Crippen LogP contribution is -2.20. The van der Waals surface area contributed by atoms with Gasteiger partial charge in [-0.2, -0.15) is 9.78 Å². The number of aromatic nitrogens is 3. The van der Waals surface area contributed by atoms with Gasteiger partial charge in [0.1, 0.15) is 16.9 Å². The van der Waals surface area contributed by atoms with Gasteiger partial charge in [-0.15, -0.1) is 0 Å². The van der Waals surface area contributed by atoms with E-state index < -0.39 is 4.92 Å². The van der Waals surface area contributed by atoms with E-state index in [1.165, 1.54) is 23.0 Å². The largest absolute Gasteiger partial charge is 0.349 e. The van der Waals surface area contributed by atoms with Gasteiger partial charge in [-0.3, -0.25) is 14.9 Å². The van der Waals surface area contributed by atoms with E-state index in [9.17, 15) is 14.9 Å². The first-order valence-corrected chi connectivity index (χ1v) is 7.83. The monoisotopic (exact) mass is 347 g/mol. The summed E-state index contributed by atoms with van der Waals surface area (Å²) in [4.78, 5) is 30.7. The quantitative estimate of drug-likeness (QED) is 0.349. The van der Waals surface area contributed by atoms with Crippen molar-refractivity contribution in [2.75, 3.05) is 0 Å². The van der Waals surface area contributed by atoms with Crippen molar-refractivity contribution >= 4 is 33.8 Å². The van der Waals surface area contributed by atoms with Crippen LogP contribution in [0.1, 0.15) is 11.4 Å². The lowest BCUT2D eigenvalue weighted by atomic mass is 10.2. The SMILES string of the molecule is Cc1nc2c([nH]c3ccccc32)c(=O)n1N=Cc1cccc([N+](=O)[O-])c1. The molecule has 2 aromatic carbocycles. The van der Waals surface area contributed by atoms with Crippen LogP contribution in [0.2, 0.25) is 0 Å². The second kappa shape index (κ2) is 5.92. The number of nitrogens with one attached hydrogen (secondary N) is 1. The van der Waals surface area contributed by atoms with E-state index in [0.29, 0.717) is 22.4 Å². The first-order valence-electron chi connectivity index (χ1n) is 7.83. The summed E-state index contributed by atoms with van der Waals surface area (Å²) in [7, 11) is 0. The van der Waals surface area contributed by atoms with Gasteiger partial charge >= 0.3 is 0 Å². The van der Waals surface area contributed by atoms with E-state index in [1.807, 2.05) is 24.3 Å². The Hall–Kier alpha value is -3.81. The van der Waals surface area contributed by atoms with Crippen molar-refractivity contribution in [3.63, 3.8) is 0 Å². The Labute approximate surface area is 146 Å². The minimum Gasteiger partial charge on any atom is -0.349 e. The Morgan fingerprint density at radius 1 is 1.23 bits per heavy atom. The van der Waals surface area contributed by atoms with E-state index in [2.05, 4.69) is 15.1 Å². The summed E-state index contributed by atoms with van der Waals surface area (Å²) in [6.07, 6.45) is 1.40. The van der Waals surface area contributed by atoms with Gasteiger partial charge in [0.05, 0.1) is 11.1 Å². The fourth-order valence-corrected chi connectivity index (χ4v) is 2.84. The van der Waals surface area contributed by atoms with Gasteiger partial charge in [-0.1, -0.05) is 30.3 Å². The summed E-state index contributed by atoms with van der Waals surface area (Å²) in [5, 5.41) is 15.9. The third-order valence-corrected chi connectivity index (χ3v) is 4.07. The highest BCUT2D eigenvalue weighted by Gasteiger charge is 2.12. The summed E-state index contributed by atoms with van der Waals surface area (Å²) in [6, 6.07) is 13.6. The van der Waals surface area contributed by atoms with Crippen LogP contribution < -0.4 is 5.56 Å². The van der Waals surface area contributed by atoms with E-state index in [4.69, 9.17) is 0 Å². The molecule has 0 fully saturated rings. The Bertz CT molecular complexity index is 1250. The van der Waals surface area contributed by atoms with Gasteiger partial charge in [0, 0.05) is 28.6 Å². The molecule has 4 rings (SSSR count). The van der Waals surface area contributed by atoms with Crippen LogP contribution in [0.3, 0.4) is 0 Å². The van der Waals surface area contributed by atoms with Crippen LogP contribution in [0.25, 0.3) is 21.9 Å². The number of non-ortho nitro benzene ring substituents is 1. The molecule has 0 bridgehead atoms. The molecule has 8 nitrogen and oxygen atoms in total. The van der Waals surface area contributed by atoms with Gasteiger partial charge < -0.3 is 4.98 Å². The predicted molar refractivity (Wildman–Crippen MR) is 98.7 cm³/mol. The Morgan fingerprint density at radius 3 is 2.85 bits per heavy atom. The molecule has 0 amide bonds. The molecule has 1 N–H and O–H groups in total. The lowest BCUT2D eigenvalue weighted by molar-refractivity contribution is -0.384. The van der Waals surface area contributed by atoms with Crippen molar-refractivity contribution in [2.24, 2.45) is 5.10 Å². The zero-order valence-electron chi connectivity index (χ0n) is 13.7. The van der Waals surface area contributed by atoms with Crippen LogP contribution in [0.15, 0.2) is 58.4 Å². The molecule has 0 atom stereocenters. The van der Waals surface area contributed by atoms with E-state index in [-0.39, 0.29) is 11.2 Å². The van der Waals surface area contributed by atoms with Crippen molar-refractivity contribution in [3.8, 4) is 0 Å². The molecular formula is C18H13N5O3. The molecule has 4 aromatic rings. The summed E-state index contributed by atoms with van der Waals surface area (Å²) >= 11 is 0. The van der Waals surface area contributed by atoms with E-state index in [0.717, 1.165) is 10.9 Å². The molecule has 128 valence electrons. The molecule has 0 aliphatic rings. The number of nitro groups is 1. The smallest absolute Gasteiger partial charge is 0.298 e. The third-order valence-electron chi connectivity index (χ3n) is 4.07. The maximum atomic E-state index is 12.8. The highest BCUT2D eigenvalue weighted by molar-refractivity contribution is 6.04. The van der Waals surface area contributed by atoms with E-state index in [1.54, 1.807) is 19.1 Å². The number of aryl methyl sites for hydroxylation is 1. The summed E-state index contributed by atoms with van der Waals surface area (Å²) in [6.45, 7) is 1.69. The average molecular weight is 347 g/mol. The van der Waals surface area contributed by atoms with Gasteiger partial charge in [0.25, 0.3) is 11.2 Å². The molecule has 8 heteroatoms. The second-order valence-corrected chi connectivity index (χ2v) is 5.77. The minimum atomic E-state index is -0.479. The molecule has 0 saturated heterocycles. The Morgan fingerprint density at radius 2 is 2.04 bits per heavy atom. The van der Waals surface area contributed by atoms with Crippen LogP contribution in [0, 0.1) is 17.0 Å². The molecular weight excluding hydrogens is 334 g/mol. The first kappa shape index (κ1) is 15.7. The molecule has 0 aliphatic heterocycles. The van der Waals surface area contributed by atoms with Gasteiger partial charge in [0.2, 0.25) is 0 Å². The number of hydrogen-bond donors (Lipinski definition) is 1. The molecule has 2 heterocycles. The fourth-order valence-electron chi connectivity index (χ4n) is 2.84. The van der Waals surface area contributed by atoms with Gasteiger partial charge in [-0.25, -0.2) is 4.98 Å². The lowest BCUT2D eigenvalue weighted by Gasteiger charge is -2.03. The average Bonchev–Trinajstić information content (AvgIpc) is 3.01. The highest BCUT2D eigenvalue weighted by Crippen LogP contribution is 2.21. The molecule has 0 unspecified atom stereocenters. The van der Waals surface area contributed by atoms with Crippen LogP contribution in [-0.4, -0.2) is 25.8 Å². The maximum Gasteiger partial charge on any atom is 0.298 e. The molecule has 0 aliphatic carbocycles. The number of aromatic amines is 1. The number of para-hydroxylation sites is 1. The zero-order chi connectivity index (χ0) is 18.3. The van der Waals surface area contributed by atoms with Gasteiger partial charge in [0.15, 0.2) is 0 Å². The highest BCUT2D eigenvalue weighted by atomic mass is 16.6. The van der Waals surface area contributed by atoms with Crippen LogP contribution in [0.5, 0.6) is 0 Å². The molecule has 0 spiro atoms. The topological polar surface area (TPSA) is 106 Å². The number of rotatable bonds is 3. The number of hydrogen-bond acceptors (Lipinski definition) is 5. The second-order valence-electron chi connectivity index (χ2n) is 5.77. The summed E-state index contributed by atoms with van der Waals surface area (Å²) in [5.74, 6) is 0.425. The zero-order valence-corrected chi connectivity index (χ0v) is 13.7. The number of H-pyrrole nitrogens is 1. The van der Waals surface area contributed by atoms with Crippen LogP contribution >= 0.6 is 0 Å². The molecule has 0 saturated carbocycles. The number of fused-ring (bicyclic) bond motifs is 3. The number of nitrogens with zero attached hydrogens (tertiary/aromatic N) is 4. The number of nitro benzene ring substituents is 1. The first-order chi connectivity index (χ1) is 12.5. The molecule has 0 radical (unpaired) electrons. The Kier molecular flexibility index (Phi) is 3.58. The maximum absolute atomic E-state index is 12.8. The van der Waals surface area contributed by atoms with Gasteiger partial charge in [-0.05, 0) is 13.0 Å². The summed E-state index contributed by atoms with van der Waals surface area (Å²) < 4.78 is 1.18. The third kappa shape index (κ3) is 2.53. The van der Waals surface area contributed by atoms with Crippen LogP contribution in [-0.2, 0) is 0 Å². The van der Waals surface area contributed by atoms with Crippen molar-refractivity contribution in [1.82, 2.24) is 14.6 Å². The Balaban J connectivity index is 1.84. The van der Waals surface area contributed by atoms with Crippen molar-refractivity contribution in [1.29, 1.82) is 0 Å². The van der Waals surface area contributed by atoms with Crippen LogP contribution in [0.4, 0.5) is 5.69 Å². The normalized spacial score (nSPS) is 11.6. The predicted octanol–water partition coefficient (Wildman–Crippen LogP) is 2.98. The van der Waals surface area contributed by atoms with Crippen molar-refractivity contribution in [3.05, 3.63) is 80.4 Å². The standard InChI is InChI=1S/C18H13N5O3/c1-11-20-16-14-7-2-3-8-15(14)21-17(16)18(24)22(11)19-10-12-5-4-6-13(9-12)23(25)26/h2-10,21H,1H3. The fraction of sp³-hybridized carbons (Fsp3) is 0.0556. The number of benzene rings is 2. The van der Waals surface area contributed by atoms with Crippen molar-refractivity contribution < 1.29 is 4.92 Å². The molecule has 2 aromatic heterocycles.